The molecule has 16 heavy (non-hydrogen) atoms. The van der Waals surface area contributed by atoms with Gasteiger partial charge in [-0.05, 0) is 37.0 Å². The van der Waals surface area contributed by atoms with Crippen molar-refractivity contribution in [1.29, 1.82) is 0 Å². The second-order valence-electron chi connectivity index (χ2n) is 5.76. The molecule has 0 aromatic rings. The van der Waals surface area contributed by atoms with Gasteiger partial charge in [-0.15, -0.1) is 0 Å². The molecule has 2 nitrogen and oxygen atoms in total. The Morgan fingerprint density at radius 2 is 2.00 bits per heavy atom. The highest BCUT2D eigenvalue weighted by Crippen LogP contribution is 2.49. The maximum absolute atomic E-state index is 5.18. The highest BCUT2D eigenvalue weighted by atomic mass is 16.5. The normalized spacial score (nSPS) is 20.1. The van der Waals surface area contributed by atoms with Crippen molar-refractivity contribution in [2.45, 2.75) is 58.9 Å². The van der Waals surface area contributed by atoms with Crippen molar-refractivity contribution in [2.75, 3.05) is 20.3 Å². The standard InChI is InChI=1S/C14H29NO/c1-5-7-14(8-9-14)11-15-13(12(2)3)6-10-16-4/h12-13,15H,5-11H2,1-4H3. The molecule has 1 aliphatic rings. The molecule has 1 unspecified atom stereocenters. The lowest BCUT2D eigenvalue weighted by molar-refractivity contribution is 0.171. The Balaban J connectivity index is 2.26. The van der Waals surface area contributed by atoms with Crippen molar-refractivity contribution in [1.82, 2.24) is 5.32 Å². The van der Waals surface area contributed by atoms with Crippen molar-refractivity contribution in [3.63, 3.8) is 0 Å². The van der Waals surface area contributed by atoms with Gasteiger partial charge in [-0.3, -0.25) is 0 Å². The molecule has 1 aliphatic carbocycles. The van der Waals surface area contributed by atoms with Gasteiger partial charge in [-0.1, -0.05) is 27.2 Å². The van der Waals surface area contributed by atoms with Crippen molar-refractivity contribution in [3.05, 3.63) is 0 Å². The summed E-state index contributed by atoms with van der Waals surface area (Å²) < 4.78 is 5.18. The fourth-order valence-electron chi connectivity index (χ4n) is 2.49. The van der Waals surface area contributed by atoms with Crippen LogP contribution in [0.5, 0.6) is 0 Å². The molecule has 1 N–H and O–H groups in total. The van der Waals surface area contributed by atoms with Gasteiger partial charge in [-0.2, -0.15) is 0 Å². The van der Waals surface area contributed by atoms with Gasteiger partial charge in [0.15, 0.2) is 0 Å². The fraction of sp³-hybridized carbons (Fsp3) is 1.00. The zero-order valence-electron chi connectivity index (χ0n) is 11.5. The van der Waals surface area contributed by atoms with E-state index in [0.29, 0.717) is 17.4 Å². The van der Waals surface area contributed by atoms with Crippen LogP contribution in [-0.4, -0.2) is 26.3 Å². The first-order valence-electron chi connectivity index (χ1n) is 6.86. The van der Waals surface area contributed by atoms with Crippen molar-refractivity contribution in [2.24, 2.45) is 11.3 Å². The zero-order chi connectivity index (χ0) is 12.0. The highest BCUT2D eigenvalue weighted by molar-refractivity contribution is 4.95. The van der Waals surface area contributed by atoms with Gasteiger partial charge in [0.2, 0.25) is 0 Å². The second kappa shape index (κ2) is 6.61. The van der Waals surface area contributed by atoms with Crippen LogP contribution < -0.4 is 5.32 Å². The van der Waals surface area contributed by atoms with Crippen LogP contribution in [0.25, 0.3) is 0 Å². The van der Waals surface area contributed by atoms with Crippen LogP contribution in [0, 0.1) is 11.3 Å². The predicted octanol–water partition coefficient (Wildman–Crippen LogP) is 3.22. The number of hydrogen-bond acceptors (Lipinski definition) is 2. The summed E-state index contributed by atoms with van der Waals surface area (Å²) in [7, 11) is 1.79. The van der Waals surface area contributed by atoms with Gasteiger partial charge in [0.1, 0.15) is 0 Å². The van der Waals surface area contributed by atoms with Crippen LogP contribution in [0.4, 0.5) is 0 Å². The van der Waals surface area contributed by atoms with Gasteiger partial charge < -0.3 is 10.1 Å². The van der Waals surface area contributed by atoms with Gasteiger partial charge >= 0.3 is 0 Å². The molecule has 1 rings (SSSR count). The summed E-state index contributed by atoms with van der Waals surface area (Å²) in [5, 5.41) is 3.76. The monoisotopic (exact) mass is 227 g/mol. The van der Waals surface area contributed by atoms with E-state index >= 15 is 0 Å². The minimum atomic E-state index is 0.620. The van der Waals surface area contributed by atoms with E-state index in [1.165, 1.54) is 32.2 Å². The lowest BCUT2D eigenvalue weighted by Gasteiger charge is -2.25. The molecule has 96 valence electrons. The van der Waals surface area contributed by atoms with Gasteiger partial charge in [0.25, 0.3) is 0 Å². The number of rotatable bonds is 9. The Bertz CT molecular complexity index is 187. The molecule has 0 aliphatic heterocycles. The van der Waals surface area contributed by atoms with Crippen LogP contribution >= 0.6 is 0 Å². The van der Waals surface area contributed by atoms with Crippen molar-refractivity contribution >= 4 is 0 Å². The Morgan fingerprint density at radius 1 is 1.31 bits per heavy atom. The molecule has 1 fully saturated rings. The minimum absolute atomic E-state index is 0.620. The minimum Gasteiger partial charge on any atom is -0.385 e. The summed E-state index contributed by atoms with van der Waals surface area (Å²) in [6, 6.07) is 0.620. The molecule has 1 atom stereocenters. The Labute approximate surface area is 101 Å². The zero-order valence-corrected chi connectivity index (χ0v) is 11.5. The summed E-state index contributed by atoms with van der Waals surface area (Å²) in [4.78, 5) is 0. The molecule has 0 saturated heterocycles. The lowest BCUT2D eigenvalue weighted by Crippen LogP contribution is -2.38. The molecule has 0 radical (unpaired) electrons. The maximum Gasteiger partial charge on any atom is 0.0477 e. The van der Waals surface area contributed by atoms with Crippen LogP contribution in [0.15, 0.2) is 0 Å². The second-order valence-corrected chi connectivity index (χ2v) is 5.76. The third-order valence-corrected chi connectivity index (χ3v) is 3.91. The summed E-state index contributed by atoms with van der Waals surface area (Å²) in [5.74, 6) is 0.701. The summed E-state index contributed by atoms with van der Waals surface area (Å²) in [5.41, 5.74) is 0.662. The van der Waals surface area contributed by atoms with Gasteiger partial charge in [0, 0.05) is 26.3 Å². The molecule has 1 saturated carbocycles. The molecule has 0 aromatic heterocycles. The van der Waals surface area contributed by atoms with E-state index in [-0.39, 0.29) is 0 Å². The molecule has 0 aromatic carbocycles. The van der Waals surface area contributed by atoms with Crippen molar-refractivity contribution < 1.29 is 4.74 Å². The first-order chi connectivity index (χ1) is 7.63. The highest BCUT2D eigenvalue weighted by Gasteiger charge is 2.41. The molecular formula is C14H29NO. The predicted molar refractivity (Wildman–Crippen MR) is 69.7 cm³/mol. The van der Waals surface area contributed by atoms with Crippen molar-refractivity contribution in [3.8, 4) is 0 Å². The molecule has 0 bridgehead atoms. The van der Waals surface area contributed by atoms with E-state index in [2.05, 4.69) is 26.1 Å². The summed E-state index contributed by atoms with van der Waals surface area (Å²) in [6.45, 7) is 8.98. The van der Waals surface area contributed by atoms with E-state index in [1.807, 2.05) is 0 Å². The van der Waals surface area contributed by atoms with Crippen LogP contribution in [0.3, 0.4) is 0 Å². The average molecular weight is 227 g/mol. The van der Waals surface area contributed by atoms with Crippen LogP contribution in [0.2, 0.25) is 0 Å². The number of nitrogens with one attached hydrogen (secondary N) is 1. The molecule has 0 heterocycles. The first kappa shape index (κ1) is 14.0. The summed E-state index contributed by atoms with van der Waals surface area (Å²) in [6.07, 6.45) is 6.73. The maximum atomic E-state index is 5.18. The SMILES string of the molecule is CCCC1(CNC(CCOC)C(C)C)CC1. The van der Waals surface area contributed by atoms with E-state index in [1.54, 1.807) is 7.11 Å². The fourth-order valence-corrected chi connectivity index (χ4v) is 2.49. The smallest absolute Gasteiger partial charge is 0.0477 e. The Morgan fingerprint density at radius 3 is 2.44 bits per heavy atom. The number of hydrogen-bond donors (Lipinski definition) is 1. The van der Waals surface area contributed by atoms with Gasteiger partial charge in [0.05, 0.1) is 0 Å². The summed E-state index contributed by atoms with van der Waals surface area (Å²) >= 11 is 0. The number of ether oxygens (including phenoxy) is 1. The topological polar surface area (TPSA) is 21.3 Å². The lowest BCUT2D eigenvalue weighted by atomic mass is 9.97. The Hall–Kier alpha value is -0.0800. The van der Waals surface area contributed by atoms with Crippen LogP contribution in [0.1, 0.15) is 52.9 Å². The van der Waals surface area contributed by atoms with Crippen LogP contribution in [-0.2, 0) is 4.74 Å². The molecule has 2 heteroatoms. The van der Waals surface area contributed by atoms with E-state index in [4.69, 9.17) is 4.74 Å². The van der Waals surface area contributed by atoms with Gasteiger partial charge in [-0.25, -0.2) is 0 Å². The molecule has 0 amide bonds. The largest absolute Gasteiger partial charge is 0.385 e. The quantitative estimate of drug-likeness (QED) is 0.653. The average Bonchev–Trinajstić information content (AvgIpc) is 2.98. The number of methoxy groups -OCH3 is 1. The molecular weight excluding hydrogens is 198 g/mol. The van der Waals surface area contributed by atoms with E-state index < -0.39 is 0 Å². The molecule has 0 spiro atoms. The third kappa shape index (κ3) is 4.42. The first-order valence-corrected chi connectivity index (χ1v) is 6.86. The third-order valence-electron chi connectivity index (χ3n) is 3.91. The van der Waals surface area contributed by atoms with E-state index in [0.717, 1.165) is 13.0 Å². The van der Waals surface area contributed by atoms with E-state index in [9.17, 15) is 0 Å². The Kier molecular flexibility index (Phi) is 5.77.